The Kier molecular flexibility index (Phi) is 22.1. The molecule has 3 rings (SSSR count). The van der Waals surface area contributed by atoms with E-state index in [1.807, 2.05) is 6.08 Å². The number of fused-ring (bicyclic) bond motifs is 1. The Hall–Kier alpha value is -3.16. The minimum Gasteiger partial charge on any atom is -0.508 e. The van der Waals surface area contributed by atoms with E-state index in [0.29, 0.717) is 0 Å². The zero-order chi connectivity index (χ0) is 47.7. The smallest absolute Gasteiger partial charge is 0.481 e. The lowest BCUT2D eigenvalue weighted by atomic mass is 9.87. The number of amides is 2. The van der Waals surface area contributed by atoms with Gasteiger partial charge < -0.3 is 56.0 Å². The van der Waals surface area contributed by atoms with Crippen molar-refractivity contribution < 1.29 is 85.6 Å². The third-order valence-electron chi connectivity index (χ3n) is 9.27. The molecular weight excluding hydrogens is 931 g/mol. The summed E-state index contributed by atoms with van der Waals surface area (Å²) in [7, 11) is -16.4. The summed E-state index contributed by atoms with van der Waals surface area (Å²) in [6, 6.07) is 0. The van der Waals surface area contributed by atoms with E-state index in [2.05, 4.69) is 41.3 Å². The molecule has 2 unspecified atom stereocenters. The van der Waals surface area contributed by atoms with E-state index in [-0.39, 0.29) is 48.0 Å². The standard InChI is InChI=1S/C35H58N7O18P3S/c1-4-5-6-7-8-9-10-11-12-13-23(43)18-26(45)64-17-16-37-25(44)14-15-38-33(48)30(47)35(2,3)20-57-63(54,55)60-62(52,53)56-19-24-29(59-61(49,50)51)28(46)34(58-24)42-22-41-27-31(36)39-21-40-32(27)42/h12-13,18,21-22,24,28-30,34,43,46-47H,4-11,14-17,19-20H2,1-3H3,(H,37,44)(H,38,48)(H,52,53)(H,54,55)(H2,36,39,40)(H2,49,50,51)/t24-,28-,29-,30+,34-/m1/s1. The Morgan fingerprint density at radius 3 is 2.36 bits per heavy atom. The van der Waals surface area contributed by atoms with Crippen molar-refractivity contribution in [3.63, 3.8) is 0 Å². The average Bonchev–Trinajstić information content (AvgIpc) is 3.76. The molecule has 3 heterocycles. The van der Waals surface area contributed by atoms with E-state index >= 15 is 0 Å². The third kappa shape index (κ3) is 19.0. The van der Waals surface area contributed by atoms with Crippen molar-refractivity contribution in [1.82, 2.24) is 30.2 Å². The molecule has 0 aliphatic carbocycles. The first-order valence-corrected chi connectivity index (χ1v) is 25.6. The summed E-state index contributed by atoms with van der Waals surface area (Å²) in [5.41, 5.74) is 4.24. The molecule has 362 valence electrons. The van der Waals surface area contributed by atoms with E-state index in [1.54, 1.807) is 0 Å². The number of aliphatic hydroxyl groups excluding tert-OH is 3. The van der Waals surface area contributed by atoms with Crippen molar-refractivity contribution in [3.05, 3.63) is 36.6 Å². The van der Waals surface area contributed by atoms with Crippen LogP contribution in [-0.4, -0.2) is 128 Å². The quantitative estimate of drug-likeness (QED) is 0.0184. The van der Waals surface area contributed by atoms with Crippen molar-refractivity contribution in [1.29, 1.82) is 0 Å². The van der Waals surface area contributed by atoms with Gasteiger partial charge in [-0.15, -0.1) is 0 Å². The summed E-state index contributed by atoms with van der Waals surface area (Å²) in [4.78, 5) is 88.0. The topological polar surface area (TPSA) is 384 Å². The summed E-state index contributed by atoms with van der Waals surface area (Å²) >= 11 is 0.885. The number of nitrogens with one attached hydrogen (secondary N) is 2. The predicted molar refractivity (Wildman–Crippen MR) is 230 cm³/mol. The number of nitrogen functional groups attached to an aromatic ring is 1. The maximum Gasteiger partial charge on any atom is 0.481 e. The van der Waals surface area contributed by atoms with Gasteiger partial charge in [0.1, 0.15) is 42.0 Å². The fourth-order valence-electron chi connectivity index (χ4n) is 5.92. The molecule has 1 saturated heterocycles. The molecule has 64 heavy (non-hydrogen) atoms. The number of carbonyl (C=O) groups is 3. The molecular formula is C35H58N7O18P3S. The molecule has 0 saturated carbocycles. The van der Waals surface area contributed by atoms with Crippen LogP contribution in [0.15, 0.2) is 36.6 Å². The van der Waals surface area contributed by atoms with Crippen molar-refractivity contribution >= 4 is 69.1 Å². The number of unbranched alkanes of at least 4 members (excludes halogenated alkanes) is 7. The maximum atomic E-state index is 12.7. The molecule has 0 radical (unpaired) electrons. The second kappa shape index (κ2) is 25.7. The highest BCUT2D eigenvalue weighted by atomic mass is 32.2. The fourth-order valence-corrected chi connectivity index (χ4v) is 9.35. The van der Waals surface area contributed by atoms with Crippen LogP contribution >= 0.6 is 35.2 Å². The minimum atomic E-state index is -5.59. The van der Waals surface area contributed by atoms with Crippen LogP contribution in [0.4, 0.5) is 5.82 Å². The Labute approximate surface area is 373 Å². The van der Waals surface area contributed by atoms with E-state index < -0.39 is 89.7 Å². The summed E-state index contributed by atoms with van der Waals surface area (Å²) in [6.07, 6.45) is 6.37. The predicted octanol–water partition coefficient (Wildman–Crippen LogP) is 2.80. The normalized spacial score (nSPS) is 20.9. The summed E-state index contributed by atoms with van der Waals surface area (Å²) in [6.45, 7) is 2.48. The lowest BCUT2D eigenvalue weighted by Crippen LogP contribution is -2.46. The van der Waals surface area contributed by atoms with E-state index in [1.165, 1.54) is 52.0 Å². The molecule has 0 aromatic carbocycles. The second-order valence-electron chi connectivity index (χ2n) is 15.1. The largest absolute Gasteiger partial charge is 0.508 e. The number of phosphoric ester groups is 3. The number of nitrogens with two attached hydrogens (primary N) is 1. The Bertz CT molecular complexity index is 2070. The maximum absolute atomic E-state index is 12.7. The number of carbonyl (C=O) groups excluding carboxylic acids is 3. The Balaban J connectivity index is 1.39. The number of aliphatic hydroxyl groups is 3. The second-order valence-corrected chi connectivity index (χ2v) is 20.5. The van der Waals surface area contributed by atoms with Gasteiger partial charge in [0.15, 0.2) is 17.7 Å². The van der Waals surface area contributed by atoms with Crippen molar-refractivity contribution in [2.24, 2.45) is 5.41 Å². The number of thioether (sulfide) groups is 1. The molecule has 25 nitrogen and oxygen atoms in total. The Morgan fingerprint density at radius 2 is 1.67 bits per heavy atom. The van der Waals surface area contributed by atoms with Gasteiger partial charge in [0.2, 0.25) is 16.9 Å². The van der Waals surface area contributed by atoms with Gasteiger partial charge in [-0.2, -0.15) is 4.31 Å². The lowest BCUT2D eigenvalue weighted by molar-refractivity contribution is -0.137. The molecule has 1 fully saturated rings. The zero-order valence-electron chi connectivity index (χ0n) is 35.4. The van der Waals surface area contributed by atoms with Gasteiger partial charge in [0.25, 0.3) is 0 Å². The van der Waals surface area contributed by atoms with Crippen LogP contribution in [0.5, 0.6) is 0 Å². The first-order valence-electron chi connectivity index (χ1n) is 20.1. The van der Waals surface area contributed by atoms with Crippen LogP contribution in [0.25, 0.3) is 11.2 Å². The van der Waals surface area contributed by atoms with Crippen molar-refractivity contribution in [3.8, 4) is 0 Å². The number of hydrogen-bond acceptors (Lipinski definition) is 19. The van der Waals surface area contributed by atoms with Gasteiger partial charge in [-0.25, -0.2) is 28.6 Å². The van der Waals surface area contributed by atoms with Gasteiger partial charge in [0, 0.05) is 36.8 Å². The van der Waals surface area contributed by atoms with Crippen molar-refractivity contribution in [2.75, 3.05) is 37.8 Å². The summed E-state index contributed by atoms with van der Waals surface area (Å²) in [5, 5.41) is 36.0. The molecule has 2 amide bonds. The monoisotopic (exact) mass is 989 g/mol. The van der Waals surface area contributed by atoms with Crippen LogP contribution in [0.2, 0.25) is 0 Å². The first-order chi connectivity index (χ1) is 29.9. The van der Waals surface area contributed by atoms with Crippen LogP contribution in [0, 0.1) is 5.41 Å². The molecule has 7 atom stereocenters. The summed E-state index contributed by atoms with van der Waals surface area (Å²) in [5.74, 6) is -1.49. The molecule has 1 aliphatic heterocycles. The number of imidazole rings is 1. The fraction of sp³-hybridized carbons (Fsp3) is 0.657. The van der Waals surface area contributed by atoms with Gasteiger partial charge in [0.05, 0.1) is 19.5 Å². The number of hydrogen-bond donors (Lipinski definition) is 10. The van der Waals surface area contributed by atoms with Crippen LogP contribution in [-0.2, 0) is 50.7 Å². The molecule has 11 N–H and O–H groups in total. The molecule has 29 heteroatoms. The zero-order valence-corrected chi connectivity index (χ0v) is 38.9. The van der Waals surface area contributed by atoms with Gasteiger partial charge >= 0.3 is 23.5 Å². The highest BCUT2D eigenvalue weighted by Gasteiger charge is 2.50. The number of nitrogens with zero attached hydrogens (tertiary/aromatic N) is 4. The minimum absolute atomic E-state index is 0.0252. The van der Waals surface area contributed by atoms with Crippen molar-refractivity contribution in [2.45, 2.75) is 109 Å². The number of allylic oxidation sites excluding steroid dienone is 2. The molecule has 0 spiro atoms. The number of rotatable bonds is 29. The first kappa shape index (κ1) is 55.2. The number of ether oxygens (including phenoxy) is 1. The Morgan fingerprint density at radius 1 is 1.00 bits per heavy atom. The summed E-state index contributed by atoms with van der Waals surface area (Å²) < 4.78 is 62.3. The number of aromatic nitrogens is 4. The molecule has 0 bridgehead atoms. The molecule has 2 aromatic heterocycles. The third-order valence-corrected chi connectivity index (χ3v) is 13.2. The SMILES string of the molecule is CCCCCCCCCC=CC(O)=CC(=O)SCCNC(=O)CCNC(=O)[C@H](O)C(C)(C)COP(=O)(O)OP(=O)(O)OC[C@H]1O[C@@H](n2cnc3c(N)ncnc32)[C@H](O)[C@@H]1OP(=O)(O)O. The van der Waals surface area contributed by atoms with Gasteiger partial charge in [-0.1, -0.05) is 77.1 Å². The van der Waals surface area contributed by atoms with Crippen LogP contribution in [0.1, 0.15) is 84.8 Å². The van der Waals surface area contributed by atoms with E-state index in [0.717, 1.165) is 54.3 Å². The highest BCUT2D eigenvalue weighted by Crippen LogP contribution is 2.61. The van der Waals surface area contributed by atoms with E-state index in [9.17, 15) is 63.0 Å². The van der Waals surface area contributed by atoms with Crippen LogP contribution in [0.3, 0.4) is 0 Å². The van der Waals surface area contributed by atoms with E-state index in [4.69, 9.17) is 19.5 Å². The number of anilines is 1. The van der Waals surface area contributed by atoms with Gasteiger partial charge in [-0.05, 0) is 18.9 Å². The lowest BCUT2D eigenvalue weighted by Gasteiger charge is -2.30. The molecule has 1 aliphatic rings. The number of phosphoric acid groups is 3. The molecule has 2 aromatic rings. The highest BCUT2D eigenvalue weighted by molar-refractivity contribution is 8.14. The average molecular weight is 990 g/mol. The van der Waals surface area contributed by atoms with Gasteiger partial charge in [-0.3, -0.25) is 32.5 Å². The van der Waals surface area contributed by atoms with Crippen LogP contribution < -0.4 is 16.4 Å².